The van der Waals surface area contributed by atoms with E-state index in [1.165, 1.54) is 18.2 Å². The van der Waals surface area contributed by atoms with Gasteiger partial charge in [-0.25, -0.2) is 0 Å². The molecule has 0 bridgehead atoms. The predicted octanol–water partition coefficient (Wildman–Crippen LogP) is 6.59. The van der Waals surface area contributed by atoms with Crippen molar-refractivity contribution in [2.45, 2.75) is 12.8 Å². The number of alkyl halides is 3. The molecule has 1 amide bonds. The Morgan fingerprint density at radius 1 is 1.03 bits per heavy atom. The highest BCUT2D eigenvalue weighted by atomic mass is 79.9. The van der Waals surface area contributed by atoms with Crippen LogP contribution in [-0.2, 0) is 17.6 Å². The van der Waals surface area contributed by atoms with Crippen LogP contribution in [0, 0.1) is 11.3 Å². The second kappa shape index (κ2) is 10.2. The second-order valence-electron chi connectivity index (χ2n) is 6.65. The highest BCUT2D eigenvalue weighted by molar-refractivity contribution is 9.10. The summed E-state index contributed by atoms with van der Waals surface area (Å²) in [6.07, 6.45) is -3.34. The van der Waals surface area contributed by atoms with Crippen molar-refractivity contribution in [3.63, 3.8) is 0 Å². The molecule has 3 rings (SSSR count). The molecule has 3 aromatic rings. The first kappa shape index (κ1) is 23.1. The van der Waals surface area contributed by atoms with Crippen LogP contribution in [0.1, 0.15) is 16.7 Å². The maximum absolute atomic E-state index is 13.1. The van der Waals surface area contributed by atoms with E-state index in [2.05, 4.69) is 21.2 Å². The van der Waals surface area contributed by atoms with E-state index >= 15 is 0 Å². The molecule has 1 N–H and O–H groups in total. The first-order valence-electron chi connectivity index (χ1n) is 9.33. The Balaban J connectivity index is 1.69. The minimum absolute atomic E-state index is 0.328. The molecule has 0 radical (unpaired) electrons. The van der Waals surface area contributed by atoms with Crippen molar-refractivity contribution >= 4 is 33.6 Å². The monoisotopic (exact) mass is 500 g/mol. The zero-order valence-corrected chi connectivity index (χ0v) is 18.1. The lowest BCUT2D eigenvalue weighted by Crippen LogP contribution is -2.17. The van der Waals surface area contributed by atoms with Crippen molar-refractivity contribution in [2.24, 2.45) is 0 Å². The molecule has 0 saturated carbocycles. The van der Waals surface area contributed by atoms with Gasteiger partial charge in [0, 0.05) is 4.47 Å². The Morgan fingerprint density at radius 2 is 1.69 bits per heavy atom. The minimum atomic E-state index is -4.63. The molecule has 0 aliphatic carbocycles. The number of amides is 1. The summed E-state index contributed by atoms with van der Waals surface area (Å²) in [6, 6.07) is 20.6. The number of para-hydroxylation sites is 1. The molecule has 0 aliphatic heterocycles. The number of halogens is 4. The molecular formula is C24H16BrF3N2O2. The normalized spacial score (nSPS) is 11.5. The third kappa shape index (κ3) is 6.22. The van der Waals surface area contributed by atoms with Crippen LogP contribution >= 0.6 is 15.9 Å². The smallest absolute Gasteiger partial charge is 0.418 e. The number of nitriles is 1. The van der Waals surface area contributed by atoms with Crippen LogP contribution in [-0.4, -0.2) is 5.91 Å². The predicted molar refractivity (Wildman–Crippen MR) is 119 cm³/mol. The van der Waals surface area contributed by atoms with Crippen LogP contribution in [0.5, 0.6) is 5.75 Å². The minimum Gasteiger partial charge on any atom is -0.489 e. The van der Waals surface area contributed by atoms with Crippen LogP contribution in [0.2, 0.25) is 0 Å². The first-order valence-corrected chi connectivity index (χ1v) is 10.1. The maximum atomic E-state index is 13.1. The number of carbonyl (C=O) groups is 1. The van der Waals surface area contributed by atoms with Crippen LogP contribution in [0.3, 0.4) is 0 Å². The average molecular weight is 501 g/mol. The van der Waals surface area contributed by atoms with Gasteiger partial charge in [0.2, 0.25) is 0 Å². The number of nitrogens with one attached hydrogen (secondary N) is 1. The number of nitrogens with zero attached hydrogens (tertiary/aromatic N) is 1. The Labute approximate surface area is 191 Å². The summed E-state index contributed by atoms with van der Waals surface area (Å²) < 4.78 is 46.0. The molecule has 162 valence electrons. The Kier molecular flexibility index (Phi) is 7.33. The van der Waals surface area contributed by atoms with E-state index in [0.717, 1.165) is 22.2 Å². The average Bonchev–Trinajstić information content (AvgIpc) is 2.77. The Bertz CT molecular complexity index is 1170. The summed E-state index contributed by atoms with van der Waals surface area (Å²) in [7, 11) is 0. The fourth-order valence-electron chi connectivity index (χ4n) is 2.75. The van der Waals surface area contributed by atoms with Crippen LogP contribution in [0.15, 0.2) is 82.8 Å². The summed E-state index contributed by atoms with van der Waals surface area (Å²) in [5.41, 5.74) is -0.220. The van der Waals surface area contributed by atoms with Gasteiger partial charge < -0.3 is 10.1 Å². The van der Waals surface area contributed by atoms with Gasteiger partial charge in [-0.1, -0.05) is 52.3 Å². The number of benzene rings is 3. The number of hydrogen-bond acceptors (Lipinski definition) is 3. The van der Waals surface area contributed by atoms with Crippen molar-refractivity contribution in [1.82, 2.24) is 0 Å². The van der Waals surface area contributed by atoms with Crippen LogP contribution in [0.4, 0.5) is 18.9 Å². The summed E-state index contributed by atoms with van der Waals surface area (Å²) in [6.45, 7) is 0.368. The van der Waals surface area contributed by atoms with Gasteiger partial charge in [0.05, 0.1) is 11.3 Å². The van der Waals surface area contributed by atoms with Gasteiger partial charge >= 0.3 is 6.18 Å². The Hall–Kier alpha value is -3.57. The quantitative estimate of drug-likeness (QED) is 0.306. The van der Waals surface area contributed by atoms with Crippen molar-refractivity contribution in [3.05, 3.63) is 99.5 Å². The molecule has 0 fully saturated rings. The summed E-state index contributed by atoms with van der Waals surface area (Å²) >= 11 is 3.37. The van der Waals surface area contributed by atoms with Crippen molar-refractivity contribution in [3.8, 4) is 11.8 Å². The van der Waals surface area contributed by atoms with Gasteiger partial charge in [-0.3, -0.25) is 4.79 Å². The lowest BCUT2D eigenvalue weighted by molar-refractivity contribution is -0.137. The molecular weight excluding hydrogens is 485 g/mol. The number of carbonyl (C=O) groups excluding carboxylic acids is 1. The van der Waals surface area contributed by atoms with E-state index in [1.807, 2.05) is 24.3 Å². The van der Waals surface area contributed by atoms with E-state index in [4.69, 9.17) is 4.74 Å². The molecule has 3 aromatic carbocycles. The number of ether oxygens (including phenoxy) is 1. The molecule has 8 heteroatoms. The summed E-state index contributed by atoms with van der Waals surface area (Å²) in [5, 5.41) is 11.5. The Morgan fingerprint density at radius 3 is 2.31 bits per heavy atom. The lowest BCUT2D eigenvalue weighted by atomic mass is 10.1. The highest BCUT2D eigenvalue weighted by Gasteiger charge is 2.33. The summed E-state index contributed by atoms with van der Waals surface area (Å²) in [5.74, 6) is -0.341. The zero-order chi connectivity index (χ0) is 23.1. The molecule has 0 aromatic heterocycles. The van der Waals surface area contributed by atoms with Crippen LogP contribution in [0.25, 0.3) is 6.08 Å². The van der Waals surface area contributed by atoms with Crippen LogP contribution < -0.4 is 10.1 Å². The zero-order valence-electron chi connectivity index (χ0n) is 16.5. The van der Waals surface area contributed by atoms with Crippen molar-refractivity contribution in [1.29, 1.82) is 5.26 Å². The lowest BCUT2D eigenvalue weighted by Gasteiger charge is -2.13. The SMILES string of the molecule is N#CC(=Cc1ccc(OCc2ccc(Br)cc2)cc1)C(=O)Nc1ccccc1C(F)(F)F. The van der Waals surface area contributed by atoms with E-state index in [0.29, 0.717) is 17.9 Å². The van der Waals surface area contributed by atoms with Gasteiger partial charge in [0.25, 0.3) is 5.91 Å². The number of anilines is 1. The fourth-order valence-corrected chi connectivity index (χ4v) is 3.02. The fraction of sp³-hybridized carbons (Fsp3) is 0.0833. The van der Waals surface area contributed by atoms with E-state index in [1.54, 1.807) is 30.3 Å². The van der Waals surface area contributed by atoms with Gasteiger partial charge in [-0.05, 0) is 53.6 Å². The van der Waals surface area contributed by atoms with Gasteiger partial charge in [0.15, 0.2) is 0 Å². The third-order valence-electron chi connectivity index (χ3n) is 4.36. The molecule has 32 heavy (non-hydrogen) atoms. The number of hydrogen-bond donors (Lipinski definition) is 1. The molecule has 0 saturated heterocycles. The molecule has 0 spiro atoms. The molecule has 0 aliphatic rings. The van der Waals surface area contributed by atoms with Gasteiger partial charge in [-0.15, -0.1) is 0 Å². The van der Waals surface area contributed by atoms with E-state index in [9.17, 15) is 23.2 Å². The third-order valence-corrected chi connectivity index (χ3v) is 4.88. The molecule has 0 unspecified atom stereocenters. The molecule has 0 heterocycles. The first-order chi connectivity index (χ1) is 15.3. The topological polar surface area (TPSA) is 62.1 Å². The highest BCUT2D eigenvalue weighted by Crippen LogP contribution is 2.34. The second-order valence-corrected chi connectivity index (χ2v) is 7.57. The van der Waals surface area contributed by atoms with Gasteiger partial charge in [-0.2, -0.15) is 18.4 Å². The molecule has 0 atom stereocenters. The van der Waals surface area contributed by atoms with Gasteiger partial charge in [0.1, 0.15) is 24.0 Å². The number of rotatable bonds is 6. The summed E-state index contributed by atoms with van der Waals surface area (Å²) in [4.78, 5) is 12.4. The maximum Gasteiger partial charge on any atom is 0.418 e. The molecule has 4 nitrogen and oxygen atoms in total. The standard InChI is InChI=1S/C24H16BrF3N2O2/c25-19-9-5-17(6-10-19)15-32-20-11-7-16(8-12-20)13-18(14-29)23(31)30-22-4-2-1-3-21(22)24(26,27)28/h1-13H,15H2,(H,30,31). The van der Waals surface area contributed by atoms with E-state index < -0.39 is 23.3 Å². The van der Waals surface area contributed by atoms with Crippen molar-refractivity contribution < 1.29 is 22.7 Å². The van der Waals surface area contributed by atoms with Crippen molar-refractivity contribution in [2.75, 3.05) is 5.32 Å². The largest absolute Gasteiger partial charge is 0.489 e. The van der Waals surface area contributed by atoms with E-state index in [-0.39, 0.29) is 5.57 Å².